The van der Waals surface area contributed by atoms with Gasteiger partial charge >= 0.3 is 0 Å². The Morgan fingerprint density at radius 3 is 2.56 bits per heavy atom. The Morgan fingerprint density at radius 1 is 1.38 bits per heavy atom. The Kier molecular flexibility index (Phi) is 5.16. The second kappa shape index (κ2) is 5.95. The Balaban J connectivity index is 2.45. The molecule has 0 saturated carbocycles. The summed E-state index contributed by atoms with van der Waals surface area (Å²) in [5.41, 5.74) is 0.528. The molecule has 1 aromatic carbocycles. The average Bonchev–Trinajstić information content (AvgIpc) is 2.20. The van der Waals surface area contributed by atoms with Crippen molar-refractivity contribution < 1.29 is 5.11 Å². The summed E-state index contributed by atoms with van der Waals surface area (Å²) >= 11 is 7.78. The summed E-state index contributed by atoms with van der Waals surface area (Å²) in [5.74, 6) is 1.85. The predicted octanol–water partition coefficient (Wildman–Crippen LogP) is 3.98. The number of rotatable bonds is 5. The minimum atomic E-state index is -0.605. The van der Waals surface area contributed by atoms with E-state index in [9.17, 15) is 5.11 Å². The zero-order valence-electron chi connectivity index (χ0n) is 10.0. The van der Waals surface area contributed by atoms with Gasteiger partial charge in [-0.2, -0.15) is 11.8 Å². The highest BCUT2D eigenvalue weighted by atomic mass is 35.5. The molecule has 1 atom stereocenters. The lowest BCUT2D eigenvalue weighted by Crippen LogP contribution is -2.33. The molecule has 1 N–H and O–H groups in total. The molecule has 1 rings (SSSR count). The minimum Gasteiger partial charge on any atom is -0.389 e. The maximum absolute atomic E-state index is 10.1. The third-order valence-electron chi connectivity index (χ3n) is 2.85. The van der Waals surface area contributed by atoms with Gasteiger partial charge in [-0.15, -0.1) is 0 Å². The van der Waals surface area contributed by atoms with E-state index >= 15 is 0 Å². The van der Waals surface area contributed by atoms with Gasteiger partial charge in [-0.3, -0.25) is 0 Å². The van der Waals surface area contributed by atoms with Crippen molar-refractivity contribution in [2.24, 2.45) is 5.92 Å². The van der Waals surface area contributed by atoms with Gasteiger partial charge in [-0.05, 0) is 24.5 Å². The van der Waals surface area contributed by atoms with E-state index < -0.39 is 5.60 Å². The SMILES string of the molecule is CC(C)C(C)(O)CSCc1ccccc1Cl. The van der Waals surface area contributed by atoms with Crippen LogP contribution in [0.15, 0.2) is 24.3 Å². The van der Waals surface area contributed by atoms with Gasteiger partial charge in [0.1, 0.15) is 0 Å². The van der Waals surface area contributed by atoms with Crippen molar-refractivity contribution in [1.29, 1.82) is 0 Å². The molecule has 0 aliphatic rings. The van der Waals surface area contributed by atoms with Crippen molar-refractivity contribution in [3.8, 4) is 0 Å². The first-order chi connectivity index (χ1) is 7.43. The number of benzene rings is 1. The summed E-state index contributed by atoms with van der Waals surface area (Å²) in [5, 5.41) is 10.9. The van der Waals surface area contributed by atoms with E-state index in [1.54, 1.807) is 11.8 Å². The van der Waals surface area contributed by atoms with Gasteiger partial charge in [0.2, 0.25) is 0 Å². The van der Waals surface area contributed by atoms with Crippen molar-refractivity contribution in [3.05, 3.63) is 34.9 Å². The van der Waals surface area contributed by atoms with Crippen molar-refractivity contribution >= 4 is 23.4 Å². The van der Waals surface area contributed by atoms with Gasteiger partial charge in [-0.1, -0.05) is 43.6 Å². The summed E-state index contributed by atoms with van der Waals surface area (Å²) in [7, 11) is 0. The maximum atomic E-state index is 10.1. The largest absolute Gasteiger partial charge is 0.389 e. The third-order valence-corrected chi connectivity index (χ3v) is 4.53. The third kappa shape index (κ3) is 4.00. The maximum Gasteiger partial charge on any atom is 0.0732 e. The smallest absolute Gasteiger partial charge is 0.0732 e. The van der Waals surface area contributed by atoms with E-state index in [-0.39, 0.29) is 5.92 Å². The molecule has 1 unspecified atom stereocenters. The molecule has 90 valence electrons. The average molecular weight is 259 g/mol. The summed E-state index contributed by atoms with van der Waals surface area (Å²) in [6.45, 7) is 5.96. The summed E-state index contributed by atoms with van der Waals surface area (Å²) in [4.78, 5) is 0. The van der Waals surface area contributed by atoms with Crippen LogP contribution in [0.2, 0.25) is 5.02 Å². The first-order valence-corrected chi connectivity index (χ1v) is 7.00. The molecule has 0 saturated heterocycles. The fourth-order valence-electron chi connectivity index (χ4n) is 1.15. The second-order valence-corrected chi connectivity index (χ2v) is 5.99. The number of aliphatic hydroxyl groups is 1. The van der Waals surface area contributed by atoms with Crippen LogP contribution in [0.25, 0.3) is 0 Å². The number of thioether (sulfide) groups is 1. The molecule has 1 aromatic rings. The standard InChI is InChI=1S/C13H19ClOS/c1-10(2)13(3,15)9-16-8-11-6-4-5-7-12(11)14/h4-7,10,15H,8-9H2,1-3H3. The van der Waals surface area contributed by atoms with E-state index in [2.05, 4.69) is 0 Å². The van der Waals surface area contributed by atoms with Gasteiger partial charge in [0.05, 0.1) is 5.60 Å². The Morgan fingerprint density at radius 2 is 2.00 bits per heavy atom. The van der Waals surface area contributed by atoms with Crippen LogP contribution in [0.5, 0.6) is 0 Å². The lowest BCUT2D eigenvalue weighted by Gasteiger charge is -2.27. The molecule has 0 heterocycles. The van der Waals surface area contributed by atoms with Crippen molar-refractivity contribution in [3.63, 3.8) is 0 Å². The summed E-state index contributed by atoms with van der Waals surface area (Å²) in [6.07, 6.45) is 0. The van der Waals surface area contributed by atoms with Gasteiger partial charge in [0.25, 0.3) is 0 Å². The first-order valence-electron chi connectivity index (χ1n) is 5.47. The van der Waals surface area contributed by atoms with E-state index in [4.69, 9.17) is 11.6 Å². The van der Waals surface area contributed by atoms with Crippen LogP contribution >= 0.6 is 23.4 Å². The summed E-state index contributed by atoms with van der Waals surface area (Å²) in [6, 6.07) is 7.85. The zero-order valence-corrected chi connectivity index (χ0v) is 11.6. The number of halogens is 1. The predicted molar refractivity (Wildman–Crippen MR) is 73.1 cm³/mol. The van der Waals surface area contributed by atoms with Gasteiger partial charge in [0, 0.05) is 16.5 Å². The lowest BCUT2D eigenvalue weighted by atomic mass is 9.95. The highest BCUT2D eigenvalue weighted by Crippen LogP contribution is 2.26. The van der Waals surface area contributed by atoms with Crippen LogP contribution in [0.3, 0.4) is 0 Å². The van der Waals surface area contributed by atoms with Crippen molar-refractivity contribution in [2.45, 2.75) is 32.1 Å². The molecule has 3 heteroatoms. The molecule has 0 aliphatic heterocycles. The van der Waals surface area contributed by atoms with Crippen LogP contribution in [0, 0.1) is 5.92 Å². The van der Waals surface area contributed by atoms with Gasteiger partial charge < -0.3 is 5.11 Å². The molecule has 0 spiro atoms. The second-order valence-electron chi connectivity index (χ2n) is 4.60. The van der Waals surface area contributed by atoms with Crippen molar-refractivity contribution in [1.82, 2.24) is 0 Å². The molecule has 0 aromatic heterocycles. The first kappa shape index (κ1) is 13.9. The molecule has 16 heavy (non-hydrogen) atoms. The molecule has 0 radical (unpaired) electrons. The van der Waals surface area contributed by atoms with E-state index in [1.165, 1.54) is 0 Å². The van der Waals surface area contributed by atoms with E-state index in [1.807, 2.05) is 45.0 Å². The molecule has 1 nitrogen and oxygen atoms in total. The molecule has 0 amide bonds. The zero-order chi connectivity index (χ0) is 12.2. The number of hydrogen-bond acceptors (Lipinski definition) is 2. The highest BCUT2D eigenvalue weighted by molar-refractivity contribution is 7.98. The summed E-state index contributed by atoms with van der Waals surface area (Å²) < 4.78 is 0. The minimum absolute atomic E-state index is 0.270. The van der Waals surface area contributed by atoms with E-state index in [0.29, 0.717) is 0 Å². The molecular formula is C13H19ClOS. The highest BCUT2D eigenvalue weighted by Gasteiger charge is 2.24. The monoisotopic (exact) mass is 258 g/mol. The van der Waals surface area contributed by atoms with Crippen LogP contribution in [-0.4, -0.2) is 16.5 Å². The molecular weight excluding hydrogens is 240 g/mol. The molecule has 0 bridgehead atoms. The normalized spacial score (nSPS) is 15.1. The van der Waals surface area contributed by atoms with Crippen LogP contribution in [0.4, 0.5) is 0 Å². The van der Waals surface area contributed by atoms with Crippen LogP contribution < -0.4 is 0 Å². The quantitative estimate of drug-likeness (QED) is 0.862. The number of hydrogen-bond donors (Lipinski definition) is 1. The molecule has 0 fully saturated rings. The fourth-order valence-corrected chi connectivity index (χ4v) is 2.75. The Labute approximate surface area is 107 Å². The fraction of sp³-hybridized carbons (Fsp3) is 0.538. The van der Waals surface area contributed by atoms with Gasteiger partial charge in [-0.25, -0.2) is 0 Å². The lowest BCUT2D eigenvalue weighted by molar-refractivity contribution is 0.0376. The molecule has 0 aliphatic carbocycles. The van der Waals surface area contributed by atoms with Crippen molar-refractivity contribution in [2.75, 3.05) is 5.75 Å². The van der Waals surface area contributed by atoms with Gasteiger partial charge in [0.15, 0.2) is 0 Å². The Hall–Kier alpha value is -0.180. The van der Waals surface area contributed by atoms with Crippen LogP contribution in [-0.2, 0) is 5.75 Å². The van der Waals surface area contributed by atoms with Crippen LogP contribution in [0.1, 0.15) is 26.3 Å². The van der Waals surface area contributed by atoms with E-state index in [0.717, 1.165) is 22.1 Å². The topological polar surface area (TPSA) is 20.2 Å². The Bertz CT molecular complexity index is 336.